The van der Waals surface area contributed by atoms with E-state index in [1.807, 2.05) is 0 Å². The smallest absolute Gasteiger partial charge is 0.263 e. The minimum Gasteiger partial charge on any atom is -0.442 e. The molecule has 0 unspecified atom stereocenters. The highest BCUT2D eigenvalue weighted by Crippen LogP contribution is 2.23. The molecule has 0 atom stereocenters. The highest BCUT2D eigenvalue weighted by Gasteiger charge is 2.19. The molecular formula is C17H28N2O2. The Morgan fingerprint density at radius 1 is 1.33 bits per heavy atom. The van der Waals surface area contributed by atoms with E-state index in [1.54, 1.807) is 0 Å². The number of aromatic nitrogens is 1. The van der Waals surface area contributed by atoms with E-state index in [2.05, 4.69) is 16.8 Å². The van der Waals surface area contributed by atoms with E-state index in [-0.39, 0.29) is 11.7 Å². The highest BCUT2D eigenvalue weighted by molar-refractivity contribution is 5.91. The van der Waals surface area contributed by atoms with E-state index in [0.29, 0.717) is 6.42 Å². The predicted octanol–water partition coefficient (Wildman–Crippen LogP) is 3.93. The van der Waals surface area contributed by atoms with E-state index in [1.165, 1.54) is 64.2 Å². The third-order valence-corrected chi connectivity index (χ3v) is 4.47. The standard InChI is InChI=1S/C17H28N2O2/c1-2-3-4-11-19-12-8-15(9-13-19)6-5-7-16(20)17-18-10-14-21-17/h10,14-15H,2-9,11-13H2,1H3. The van der Waals surface area contributed by atoms with Gasteiger partial charge in [0, 0.05) is 6.42 Å². The molecule has 0 N–H and O–H groups in total. The second-order valence-electron chi connectivity index (χ2n) is 6.14. The zero-order valence-corrected chi connectivity index (χ0v) is 13.2. The van der Waals surface area contributed by atoms with Crippen LogP contribution in [0.15, 0.2) is 16.9 Å². The van der Waals surface area contributed by atoms with Crippen LogP contribution in [0.2, 0.25) is 0 Å². The average molecular weight is 292 g/mol. The summed E-state index contributed by atoms with van der Waals surface area (Å²) in [7, 11) is 0. The van der Waals surface area contributed by atoms with Crippen molar-refractivity contribution in [1.82, 2.24) is 9.88 Å². The van der Waals surface area contributed by atoms with Crippen molar-refractivity contribution >= 4 is 5.78 Å². The summed E-state index contributed by atoms with van der Waals surface area (Å²) in [5.74, 6) is 1.10. The van der Waals surface area contributed by atoms with Gasteiger partial charge in [-0.05, 0) is 57.7 Å². The van der Waals surface area contributed by atoms with Crippen LogP contribution in [0, 0.1) is 5.92 Å². The second-order valence-corrected chi connectivity index (χ2v) is 6.14. The first-order valence-electron chi connectivity index (χ1n) is 8.44. The fourth-order valence-corrected chi connectivity index (χ4v) is 3.10. The number of likely N-dealkylation sites (tertiary alicyclic amines) is 1. The van der Waals surface area contributed by atoms with Gasteiger partial charge >= 0.3 is 0 Å². The van der Waals surface area contributed by atoms with Gasteiger partial charge in [0.05, 0.1) is 6.20 Å². The highest BCUT2D eigenvalue weighted by atomic mass is 16.3. The molecule has 0 aliphatic carbocycles. The maximum absolute atomic E-state index is 11.8. The molecule has 1 aromatic rings. The van der Waals surface area contributed by atoms with Gasteiger partial charge in [-0.15, -0.1) is 0 Å². The maximum atomic E-state index is 11.8. The molecule has 1 aromatic heterocycles. The molecule has 0 aromatic carbocycles. The number of ketones is 1. The molecule has 0 radical (unpaired) electrons. The number of Topliss-reactive ketones (excluding diaryl/α,β-unsaturated/α-hetero) is 1. The van der Waals surface area contributed by atoms with Crippen molar-refractivity contribution in [2.24, 2.45) is 5.92 Å². The van der Waals surface area contributed by atoms with E-state index in [9.17, 15) is 4.79 Å². The zero-order chi connectivity index (χ0) is 14.9. The lowest BCUT2D eigenvalue weighted by Gasteiger charge is -2.31. The molecule has 0 spiro atoms. The summed E-state index contributed by atoms with van der Waals surface area (Å²) in [5.41, 5.74) is 0. The molecule has 4 heteroatoms. The fraction of sp³-hybridized carbons (Fsp3) is 0.765. The molecule has 1 saturated heterocycles. The van der Waals surface area contributed by atoms with E-state index in [0.717, 1.165) is 18.8 Å². The second kappa shape index (κ2) is 8.98. The van der Waals surface area contributed by atoms with Crippen LogP contribution in [0.4, 0.5) is 0 Å². The average Bonchev–Trinajstić information content (AvgIpc) is 3.03. The Kier molecular flexibility index (Phi) is 6.93. The molecule has 0 amide bonds. The molecule has 4 nitrogen and oxygen atoms in total. The van der Waals surface area contributed by atoms with Crippen LogP contribution in [-0.2, 0) is 0 Å². The Bertz CT molecular complexity index is 395. The van der Waals surface area contributed by atoms with Crippen molar-refractivity contribution in [3.8, 4) is 0 Å². The summed E-state index contributed by atoms with van der Waals surface area (Å²) < 4.78 is 5.03. The van der Waals surface area contributed by atoms with Crippen LogP contribution < -0.4 is 0 Å². The lowest BCUT2D eigenvalue weighted by molar-refractivity contribution is 0.0940. The Labute approximate surface area is 127 Å². The minimum absolute atomic E-state index is 0.0389. The van der Waals surface area contributed by atoms with E-state index in [4.69, 9.17) is 4.42 Å². The molecule has 1 fully saturated rings. The lowest BCUT2D eigenvalue weighted by Crippen LogP contribution is -2.34. The van der Waals surface area contributed by atoms with Crippen LogP contribution in [0.3, 0.4) is 0 Å². The number of oxazole rings is 1. The summed E-state index contributed by atoms with van der Waals surface area (Å²) in [4.78, 5) is 18.3. The summed E-state index contributed by atoms with van der Waals surface area (Å²) >= 11 is 0. The Morgan fingerprint density at radius 3 is 2.81 bits per heavy atom. The number of carbonyl (C=O) groups is 1. The largest absolute Gasteiger partial charge is 0.442 e. The maximum Gasteiger partial charge on any atom is 0.263 e. The number of hydrogen-bond donors (Lipinski definition) is 0. The molecular weight excluding hydrogens is 264 g/mol. The normalized spacial score (nSPS) is 17.2. The van der Waals surface area contributed by atoms with Gasteiger partial charge in [-0.25, -0.2) is 4.98 Å². The number of carbonyl (C=O) groups excluding carboxylic acids is 1. The zero-order valence-electron chi connectivity index (χ0n) is 13.2. The van der Waals surface area contributed by atoms with Gasteiger partial charge in [-0.3, -0.25) is 4.79 Å². The van der Waals surface area contributed by atoms with E-state index < -0.39 is 0 Å². The number of rotatable bonds is 9. The minimum atomic E-state index is 0.0389. The van der Waals surface area contributed by atoms with Crippen molar-refractivity contribution in [3.05, 3.63) is 18.4 Å². The first kappa shape index (κ1) is 16.2. The number of unbranched alkanes of at least 4 members (excludes halogenated alkanes) is 2. The molecule has 2 heterocycles. The van der Waals surface area contributed by atoms with Crippen molar-refractivity contribution in [3.63, 3.8) is 0 Å². The van der Waals surface area contributed by atoms with Gasteiger partial charge in [0.15, 0.2) is 0 Å². The monoisotopic (exact) mass is 292 g/mol. The van der Waals surface area contributed by atoms with Crippen LogP contribution in [-0.4, -0.2) is 35.3 Å². The first-order valence-corrected chi connectivity index (χ1v) is 8.44. The molecule has 21 heavy (non-hydrogen) atoms. The van der Waals surface area contributed by atoms with Gasteiger partial charge < -0.3 is 9.32 Å². The van der Waals surface area contributed by atoms with Crippen molar-refractivity contribution in [1.29, 1.82) is 0 Å². The van der Waals surface area contributed by atoms with Gasteiger partial charge in [-0.1, -0.05) is 19.8 Å². The van der Waals surface area contributed by atoms with E-state index >= 15 is 0 Å². The first-order chi connectivity index (χ1) is 10.3. The third-order valence-electron chi connectivity index (χ3n) is 4.47. The number of nitrogens with zero attached hydrogens (tertiary/aromatic N) is 2. The summed E-state index contributed by atoms with van der Waals surface area (Å²) in [6.07, 6.45) is 12.2. The molecule has 0 saturated carbocycles. The van der Waals surface area contributed by atoms with Crippen molar-refractivity contribution in [2.75, 3.05) is 19.6 Å². The third kappa shape index (κ3) is 5.62. The van der Waals surface area contributed by atoms with Crippen molar-refractivity contribution in [2.45, 2.75) is 58.3 Å². The summed E-state index contributed by atoms with van der Waals surface area (Å²) in [6.45, 7) is 6.00. The van der Waals surface area contributed by atoms with Crippen LogP contribution in [0.5, 0.6) is 0 Å². The van der Waals surface area contributed by atoms with Crippen LogP contribution in [0.25, 0.3) is 0 Å². The Hall–Kier alpha value is -1.16. The quantitative estimate of drug-likeness (QED) is 0.511. The molecule has 0 bridgehead atoms. The van der Waals surface area contributed by atoms with Crippen molar-refractivity contribution < 1.29 is 9.21 Å². The Balaban J connectivity index is 1.55. The number of hydrogen-bond acceptors (Lipinski definition) is 4. The molecule has 1 aliphatic heterocycles. The van der Waals surface area contributed by atoms with Gasteiger partial charge in [-0.2, -0.15) is 0 Å². The number of piperidine rings is 1. The topological polar surface area (TPSA) is 46.3 Å². The van der Waals surface area contributed by atoms with Crippen LogP contribution >= 0.6 is 0 Å². The molecule has 2 rings (SSSR count). The lowest BCUT2D eigenvalue weighted by atomic mass is 9.91. The molecule has 118 valence electrons. The summed E-state index contributed by atoms with van der Waals surface area (Å²) in [5, 5.41) is 0. The Morgan fingerprint density at radius 2 is 2.14 bits per heavy atom. The molecule has 1 aliphatic rings. The summed E-state index contributed by atoms with van der Waals surface area (Å²) in [6, 6.07) is 0. The fourth-order valence-electron chi connectivity index (χ4n) is 3.10. The van der Waals surface area contributed by atoms with Crippen LogP contribution in [0.1, 0.15) is 69.0 Å². The van der Waals surface area contributed by atoms with Gasteiger partial charge in [0.1, 0.15) is 6.26 Å². The van der Waals surface area contributed by atoms with Gasteiger partial charge in [0.25, 0.3) is 5.89 Å². The van der Waals surface area contributed by atoms with Gasteiger partial charge in [0.2, 0.25) is 5.78 Å². The SMILES string of the molecule is CCCCCN1CCC(CCCC(=O)c2ncco2)CC1. The predicted molar refractivity (Wildman–Crippen MR) is 83.4 cm³/mol.